The Kier molecular flexibility index (Phi) is 9.89. The molecular weight excluding hydrogens is 419 g/mol. The fraction of sp³-hybridized carbons (Fsp3) is 0.806. The van der Waals surface area contributed by atoms with E-state index >= 15 is 4.39 Å². The third kappa shape index (κ3) is 6.64. The first-order valence-corrected chi connectivity index (χ1v) is 14.9. The second-order valence-electron chi connectivity index (χ2n) is 12.0. The zero-order valence-electron chi connectivity index (χ0n) is 22.0. The van der Waals surface area contributed by atoms with Crippen LogP contribution in [0.2, 0.25) is 0 Å². The van der Waals surface area contributed by atoms with E-state index in [1.807, 2.05) is 6.07 Å². The monoisotopic (exact) mass is 470 g/mol. The van der Waals surface area contributed by atoms with Gasteiger partial charge >= 0.3 is 0 Å². The van der Waals surface area contributed by atoms with Crippen LogP contribution in [0.3, 0.4) is 0 Å². The van der Waals surface area contributed by atoms with E-state index in [0.29, 0.717) is 23.8 Å². The summed E-state index contributed by atoms with van der Waals surface area (Å²) in [7, 11) is 0. The normalized spacial score (nSPS) is 33.5. The Labute approximate surface area is 209 Å². The van der Waals surface area contributed by atoms with Crippen LogP contribution in [-0.4, -0.2) is 18.6 Å². The van der Waals surface area contributed by atoms with Gasteiger partial charge in [-0.3, -0.25) is 0 Å². The van der Waals surface area contributed by atoms with Crippen molar-refractivity contribution in [1.29, 1.82) is 0 Å². The molecule has 0 heterocycles. The molecule has 1 atom stereocenters. The topological polar surface area (TPSA) is 38.0 Å². The van der Waals surface area contributed by atoms with Crippen LogP contribution in [0.4, 0.5) is 4.39 Å². The lowest BCUT2D eigenvalue weighted by atomic mass is 9.69. The summed E-state index contributed by atoms with van der Waals surface area (Å²) in [6, 6.07) is 7.38. The average Bonchev–Trinajstić information content (AvgIpc) is 2.89. The summed E-state index contributed by atoms with van der Waals surface area (Å²) in [5.74, 6) is 3.45. The molecule has 1 aromatic carbocycles. The van der Waals surface area contributed by atoms with Crippen LogP contribution in [0.15, 0.2) is 18.2 Å². The predicted octanol–water partition coefficient (Wildman–Crippen LogP) is 8.06. The largest absolute Gasteiger partial charge is 0.327 e. The van der Waals surface area contributed by atoms with Crippen molar-refractivity contribution >= 4 is 0 Å². The highest BCUT2D eigenvalue weighted by Gasteiger charge is 2.32. The number of nitrogens with one attached hydrogen (secondary N) is 1. The zero-order valence-corrected chi connectivity index (χ0v) is 22.0. The van der Waals surface area contributed by atoms with Crippen LogP contribution in [-0.2, 0) is 0 Å². The van der Waals surface area contributed by atoms with Crippen molar-refractivity contribution in [3.63, 3.8) is 0 Å². The number of hydrogen-bond donors (Lipinski definition) is 2. The molecule has 0 saturated heterocycles. The summed E-state index contributed by atoms with van der Waals surface area (Å²) in [6.45, 7) is 5.65. The van der Waals surface area contributed by atoms with Crippen molar-refractivity contribution < 1.29 is 4.39 Å². The third-order valence-electron chi connectivity index (χ3n) is 9.96. The quantitative estimate of drug-likeness (QED) is 0.358. The zero-order chi connectivity index (χ0) is 23.9. The number of rotatable bonds is 9. The van der Waals surface area contributed by atoms with Crippen molar-refractivity contribution in [2.75, 3.05) is 6.54 Å². The molecule has 4 rings (SSSR count). The van der Waals surface area contributed by atoms with Gasteiger partial charge in [0.25, 0.3) is 0 Å². The highest BCUT2D eigenvalue weighted by atomic mass is 19.1. The first-order valence-electron chi connectivity index (χ1n) is 14.9. The van der Waals surface area contributed by atoms with E-state index in [2.05, 4.69) is 31.3 Å². The van der Waals surface area contributed by atoms with Gasteiger partial charge in [-0.2, -0.15) is 0 Å². The molecule has 0 aliphatic heterocycles. The van der Waals surface area contributed by atoms with E-state index in [1.165, 1.54) is 102 Å². The molecule has 192 valence electrons. The Morgan fingerprint density at radius 3 is 2.06 bits per heavy atom. The second kappa shape index (κ2) is 12.9. The molecule has 0 aromatic heterocycles. The van der Waals surface area contributed by atoms with Gasteiger partial charge in [0, 0.05) is 12.1 Å². The molecule has 3 N–H and O–H groups in total. The molecule has 1 aromatic rings. The Balaban J connectivity index is 1.23. The van der Waals surface area contributed by atoms with E-state index in [4.69, 9.17) is 5.73 Å². The molecular formula is C31H51FN2. The first-order chi connectivity index (χ1) is 16.6. The van der Waals surface area contributed by atoms with E-state index in [9.17, 15) is 0 Å². The summed E-state index contributed by atoms with van der Waals surface area (Å²) in [4.78, 5) is 0. The average molecular weight is 471 g/mol. The second-order valence-corrected chi connectivity index (χ2v) is 12.0. The van der Waals surface area contributed by atoms with Crippen LogP contribution < -0.4 is 11.1 Å². The van der Waals surface area contributed by atoms with Gasteiger partial charge in [0.05, 0.1) is 0 Å². The van der Waals surface area contributed by atoms with Gasteiger partial charge in [-0.1, -0.05) is 32.4 Å². The van der Waals surface area contributed by atoms with Gasteiger partial charge < -0.3 is 11.1 Å². The van der Waals surface area contributed by atoms with Crippen LogP contribution in [0.25, 0.3) is 0 Å². The highest BCUT2D eigenvalue weighted by Crippen LogP contribution is 2.44. The smallest absolute Gasteiger partial charge is 0.126 e. The van der Waals surface area contributed by atoms with E-state index in [1.54, 1.807) is 0 Å². The van der Waals surface area contributed by atoms with Crippen molar-refractivity contribution in [3.05, 3.63) is 35.1 Å². The summed E-state index contributed by atoms with van der Waals surface area (Å²) >= 11 is 0. The van der Waals surface area contributed by atoms with E-state index in [-0.39, 0.29) is 5.82 Å². The van der Waals surface area contributed by atoms with Crippen LogP contribution in [0.1, 0.15) is 133 Å². The van der Waals surface area contributed by atoms with Gasteiger partial charge in [-0.15, -0.1) is 0 Å². The van der Waals surface area contributed by atoms with Crippen molar-refractivity contribution in [2.24, 2.45) is 23.5 Å². The SMILES string of the molecule is CCCCNC1CCC(C2CCC(c3ccc(C4CCC(C(N)CC)CC4)cc3F)CC2)CC1. The van der Waals surface area contributed by atoms with Gasteiger partial charge in [-0.05, 0) is 143 Å². The van der Waals surface area contributed by atoms with Crippen molar-refractivity contribution in [1.82, 2.24) is 5.32 Å². The summed E-state index contributed by atoms with van der Waals surface area (Å²) in [6.07, 6.45) is 18.8. The molecule has 3 aliphatic carbocycles. The van der Waals surface area contributed by atoms with Crippen LogP contribution in [0, 0.1) is 23.6 Å². The van der Waals surface area contributed by atoms with E-state index < -0.39 is 0 Å². The lowest BCUT2D eigenvalue weighted by Crippen LogP contribution is -2.35. The molecule has 3 saturated carbocycles. The molecule has 1 unspecified atom stereocenters. The summed E-state index contributed by atoms with van der Waals surface area (Å²) in [5, 5.41) is 3.77. The molecule has 0 amide bonds. The highest BCUT2D eigenvalue weighted by molar-refractivity contribution is 5.30. The molecule has 3 heteroatoms. The number of hydrogen-bond acceptors (Lipinski definition) is 2. The van der Waals surface area contributed by atoms with Crippen molar-refractivity contribution in [2.45, 2.75) is 134 Å². The number of benzene rings is 1. The summed E-state index contributed by atoms with van der Waals surface area (Å²) < 4.78 is 15.2. The van der Waals surface area contributed by atoms with Gasteiger partial charge in [0.15, 0.2) is 0 Å². The minimum absolute atomic E-state index is 0.0620. The molecule has 34 heavy (non-hydrogen) atoms. The maximum Gasteiger partial charge on any atom is 0.126 e. The predicted molar refractivity (Wildman–Crippen MR) is 143 cm³/mol. The molecule has 3 aliphatic rings. The minimum atomic E-state index is 0.0620. The van der Waals surface area contributed by atoms with E-state index in [0.717, 1.165) is 29.9 Å². The van der Waals surface area contributed by atoms with Gasteiger partial charge in [0.2, 0.25) is 0 Å². The molecule has 2 nitrogen and oxygen atoms in total. The molecule has 3 fully saturated rings. The molecule has 0 spiro atoms. The Bertz CT molecular complexity index is 725. The Morgan fingerprint density at radius 1 is 0.853 bits per heavy atom. The van der Waals surface area contributed by atoms with Crippen LogP contribution in [0.5, 0.6) is 0 Å². The first kappa shape index (κ1) is 26.1. The Morgan fingerprint density at radius 2 is 1.47 bits per heavy atom. The fourth-order valence-electron chi connectivity index (χ4n) is 7.52. The minimum Gasteiger partial charge on any atom is -0.327 e. The van der Waals surface area contributed by atoms with Gasteiger partial charge in [0.1, 0.15) is 5.82 Å². The number of halogens is 1. The van der Waals surface area contributed by atoms with Gasteiger partial charge in [-0.25, -0.2) is 4.39 Å². The van der Waals surface area contributed by atoms with Crippen LogP contribution >= 0.6 is 0 Å². The lowest BCUT2D eigenvalue weighted by Gasteiger charge is -2.38. The molecule has 0 radical (unpaired) electrons. The standard InChI is InChI=1S/C31H51FN2/c1-3-5-20-34-28-17-14-23(15-18-28)22-6-10-25(11-7-22)29-19-16-27(21-30(29)32)24-8-12-26(13-9-24)31(33)4-2/h16,19,21-26,28,31,34H,3-15,17-18,20,33H2,1-2H3. The maximum absolute atomic E-state index is 15.2. The Hall–Kier alpha value is -0.930. The maximum atomic E-state index is 15.2. The number of unbranched alkanes of at least 4 members (excludes halogenated alkanes) is 1. The summed E-state index contributed by atoms with van der Waals surface area (Å²) in [5.41, 5.74) is 8.50. The third-order valence-corrected chi connectivity index (χ3v) is 9.96. The van der Waals surface area contributed by atoms with Crippen molar-refractivity contribution in [3.8, 4) is 0 Å². The number of nitrogens with two attached hydrogens (primary N) is 1. The lowest BCUT2D eigenvalue weighted by molar-refractivity contribution is 0.168. The molecule has 0 bridgehead atoms. The fourth-order valence-corrected chi connectivity index (χ4v) is 7.52.